The molecule has 0 aromatic heterocycles. The normalized spacial score (nSPS) is 10.7. The van der Waals surface area contributed by atoms with E-state index < -0.39 is 0 Å². The number of rotatable bonds is 4. The molecular weight excluding hydrogens is 142 g/mol. The second-order valence-corrected chi connectivity index (χ2v) is 3.28. The van der Waals surface area contributed by atoms with Crippen molar-refractivity contribution >= 4 is 5.97 Å². The first-order valence-electron chi connectivity index (χ1n) is 3.99. The highest BCUT2D eigenvalue weighted by molar-refractivity contribution is 5.71. The van der Waals surface area contributed by atoms with Gasteiger partial charge in [-0.3, -0.25) is 4.79 Å². The summed E-state index contributed by atoms with van der Waals surface area (Å²) < 4.78 is 4.95. The number of nitrogens with one attached hydrogen (secondary N) is 1. The molecule has 1 N–H and O–H groups in total. The van der Waals surface area contributed by atoms with Crippen LogP contribution in [0.4, 0.5) is 0 Å². The molecule has 0 fully saturated rings. The van der Waals surface area contributed by atoms with Crippen molar-refractivity contribution in [2.24, 2.45) is 5.92 Å². The zero-order valence-corrected chi connectivity index (χ0v) is 7.81. The maximum absolute atomic E-state index is 10.9. The van der Waals surface area contributed by atoms with Crippen LogP contribution in [-0.2, 0) is 9.53 Å². The third-order valence-electron chi connectivity index (χ3n) is 1.32. The summed E-state index contributed by atoms with van der Waals surface area (Å²) in [5.41, 5.74) is 0. The van der Waals surface area contributed by atoms with Gasteiger partial charge in [0.1, 0.15) is 13.2 Å². The smallest absolute Gasteiger partial charge is 0.308 e. The highest BCUT2D eigenvalue weighted by Crippen LogP contribution is 1.93. The molecule has 0 aromatic carbocycles. The number of ether oxygens (including phenoxy) is 1. The van der Waals surface area contributed by atoms with Crippen LogP contribution in [-0.4, -0.2) is 33.2 Å². The third-order valence-corrected chi connectivity index (χ3v) is 1.32. The Morgan fingerprint density at radius 2 is 2.00 bits per heavy atom. The van der Waals surface area contributed by atoms with Gasteiger partial charge in [-0.05, 0) is 0 Å². The topological polar surface area (TPSA) is 30.7 Å². The molecule has 0 heterocycles. The van der Waals surface area contributed by atoms with Gasteiger partial charge in [-0.25, -0.2) is 0 Å². The Balaban J connectivity index is 3.32. The highest BCUT2D eigenvalue weighted by Gasteiger charge is 2.07. The third kappa shape index (κ3) is 5.85. The minimum Gasteiger partial charge on any atom is -0.459 e. The molecule has 0 unspecified atom stereocenters. The molecule has 0 saturated carbocycles. The lowest BCUT2D eigenvalue weighted by molar-refractivity contribution is -0.858. The number of carbonyl (C=O) groups is 1. The minimum atomic E-state index is -0.105. The number of likely N-dealkylation sites (N-methyl/N-ethyl adjacent to an activating group) is 1. The Bertz CT molecular complexity index is 121. The average molecular weight is 160 g/mol. The lowest BCUT2D eigenvalue weighted by Crippen LogP contribution is -3.06. The quantitative estimate of drug-likeness (QED) is 0.553. The Morgan fingerprint density at radius 3 is 2.36 bits per heavy atom. The second kappa shape index (κ2) is 5.13. The molecule has 3 nitrogen and oxygen atoms in total. The van der Waals surface area contributed by atoms with Gasteiger partial charge in [-0.15, -0.1) is 0 Å². The zero-order valence-electron chi connectivity index (χ0n) is 7.81. The summed E-state index contributed by atoms with van der Waals surface area (Å²) in [5, 5.41) is 0. The van der Waals surface area contributed by atoms with Crippen molar-refractivity contribution < 1.29 is 14.4 Å². The van der Waals surface area contributed by atoms with Crippen molar-refractivity contribution in [1.29, 1.82) is 0 Å². The second-order valence-electron chi connectivity index (χ2n) is 3.28. The number of quaternary nitrogens is 1. The maximum atomic E-state index is 10.9. The molecule has 0 saturated heterocycles. The van der Waals surface area contributed by atoms with Crippen LogP contribution < -0.4 is 4.90 Å². The minimum absolute atomic E-state index is 0.00726. The summed E-state index contributed by atoms with van der Waals surface area (Å²) in [5.74, 6) is -0.113. The molecule has 0 aliphatic heterocycles. The van der Waals surface area contributed by atoms with Crippen LogP contribution in [0.1, 0.15) is 13.8 Å². The summed E-state index contributed by atoms with van der Waals surface area (Å²) in [6.07, 6.45) is 0. The van der Waals surface area contributed by atoms with Crippen molar-refractivity contribution in [2.75, 3.05) is 27.2 Å². The van der Waals surface area contributed by atoms with Gasteiger partial charge in [0.2, 0.25) is 0 Å². The maximum Gasteiger partial charge on any atom is 0.308 e. The first kappa shape index (κ1) is 10.4. The Kier molecular flexibility index (Phi) is 4.86. The molecule has 3 heteroatoms. The van der Waals surface area contributed by atoms with Gasteiger partial charge >= 0.3 is 5.97 Å². The molecule has 0 aliphatic carbocycles. The largest absolute Gasteiger partial charge is 0.459 e. The molecule has 0 spiro atoms. The number of hydrogen-bond acceptors (Lipinski definition) is 2. The summed E-state index contributed by atoms with van der Waals surface area (Å²) in [7, 11) is 4.06. The van der Waals surface area contributed by atoms with E-state index in [1.165, 1.54) is 4.90 Å². The van der Waals surface area contributed by atoms with Crippen molar-refractivity contribution in [3.05, 3.63) is 0 Å². The summed E-state index contributed by atoms with van der Waals surface area (Å²) in [6.45, 7) is 5.08. The lowest BCUT2D eigenvalue weighted by Gasteiger charge is -2.09. The number of esters is 1. The van der Waals surface area contributed by atoms with Crippen molar-refractivity contribution in [2.45, 2.75) is 13.8 Å². The predicted molar refractivity (Wildman–Crippen MR) is 43.5 cm³/mol. The van der Waals surface area contributed by atoms with E-state index in [1.807, 2.05) is 27.9 Å². The fourth-order valence-electron chi connectivity index (χ4n) is 0.522. The monoisotopic (exact) mass is 160 g/mol. The Labute approximate surface area is 68.3 Å². The number of hydrogen-bond donors (Lipinski definition) is 1. The first-order valence-corrected chi connectivity index (χ1v) is 3.99. The van der Waals surface area contributed by atoms with Crippen LogP contribution in [0.2, 0.25) is 0 Å². The number of carbonyl (C=O) groups excluding carboxylic acids is 1. The zero-order chi connectivity index (χ0) is 8.85. The van der Waals surface area contributed by atoms with Gasteiger partial charge in [0.15, 0.2) is 0 Å². The van der Waals surface area contributed by atoms with E-state index in [9.17, 15) is 4.79 Å². The van der Waals surface area contributed by atoms with Gasteiger partial charge in [0, 0.05) is 0 Å². The first-order chi connectivity index (χ1) is 5.04. The van der Waals surface area contributed by atoms with Gasteiger partial charge in [0.25, 0.3) is 0 Å². The van der Waals surface area contributed by atoms with Gasteiger partial charge in [0.05, 0.1) is 20.0 Å². The molecule has 0 bridgehead atoms. The van der Waals surface area contributed by atoms with E-state index >= 15 is 0 Å². The van der Waals surface area contributed by atoms with E-state index in [0.717, 1.165) is 6.54 Å². The molecule has 66 valence electrons. The van der Waals surface area contributed by atoms with Crippen LogP contribution >= 0.6 is 0 Å². The SMILES string of the molecule is CC(C)C(=O)OCC[NH+](C)C. The Hall–Kier alpha value is -0.570. The highest BCUT2D eigenvalue weighted by atomic mass is 16.5. The summed E-state index contributed by atoms with van der Waals surface area (Å²) in [4.78, 5) is 12.2. The fourth-order valence-corrected chi connectivity index (χ4v) is 0.522. The molecule has 0 atom stereocenters. The molecule has 0 aromatic rings. The van der Waals surface area contributed by atoms with Gasteiger partial charge in [-0.1, -0.05) is 13.8 Å². The molecule has 0 radical (unpaired) electrons. The van der Waals surface area contributed by atoms with Gasteiger partial charge < -0.3 is 9.64 Å². The van der Waals surface area contributed by atoms with Crippen LogP contribution in [0.15, 0.2) is 0 Å². The van der Waals surface area contributed by atoms with E-state index in [4.69, 9.17) is 4.74 Å². The van der Waals surface area contributed by atoms with E-state index in [1.54, 1.807) is 0 Å². The standard InChI is InChI=1S/C8H17NO2/c1-7(2)8(10)11-6-5-9(3)4/h7H,5-6H2,1-4H3/p+1. The molecule has 0 aliphatic rings. The molecule has 0 rings (SSSR count). The summed E-state index contributed by atoms with van der Waals surface area (Å²) >= 11 is 0. The summed E-state index contributed by atoms with van der Waals surface area (Å²) in [6, 6.07) is 0. The van der Waals surface area contributed by atoms with Crippen LogP contribution in [0.3, 0.4) is 0 Å². The molecule has 11 heavy (non-hydrogen) atoms. The van der Waals surface area contributed by atoms with Crippen LogP contribution in [0, 0.1) is 5.92 Å². The van der Waals surface area contributed by atoms with Crippen LogP contribution in [0.5, 0.6) is 0 Å². The van der Waals surface area contributed by atoms with E-state index in [-0.39, 0.29) is 11.9 Å². The van der Waals surface area contributed by atoms with Crippen molar-refractivity contribution in [3.8, 4) is 0 Å². The lowest BCUT2D eigenvalue weighted by atomic mass is 10.2. The molecule has 0 amide bonds. The van der Waals surface area contributed by atoms with E-state index in [0.29, 0.717) is 6.61 Å². The Morgan fingerprint density at radius 1 is 1.45 bits per heavy atom. The average Bonchev–Trinajstić information content (AvgIpc) is 1.86. The van der Waals surface area contributed by atoms with Crippen molar-refractivity contribution in [1.82, 2.24) is 0 Å². The van der Waals surface area contributed by atoms with E-state index in [2.05, 4.69) is 0 Å². The predicted octanol–water partition coefficient (Wildman–Crippen LogP) is -0.670. The van der Waals surface area contributed by atoms with Crippen LogP contribution in [0.25, 0.3) is 0 Å². The fraction of sp³-hybridized carbons (Fsp3) is 0.875. The molecular formula is C8H18NO2+. The van der Waals surface area contributed by atoms with Crippen molar-refractivity contribution in [3.63, 3.8) is 0 Å². The van der Waals surface area contributed by atoms with Gasteiger partial charge in [-0.2, -0.15) is 0 Å².